The number of hydrogen-bond acceptors (Lipinski definition) is 2. The number of benzene rings is 1. The van der Waals surface area contributed by atoms with Crippen LogP contribution < -0.4 is 5.73 Å². The zero-order chi connectivity index (χ0) is 12.6. The van der Waals surface area contributed by atoms with Crippen LogP contribution in [0.3, 0.4) is 0 Å². The summed E-state index contributed by atoms with van der Waals surface area (Å²) in [7, 11) is 1.71. The Morgan fingerprint density at radius 3 is 2.53 bits per heavy atom. The van der Waals surface area contributed by atoms with Gasteiger partial charge in [-0.3, -0.25) is 4.68 Å². The minimum atomic E-state index is -2.85. The van der Waals surface area contributed by atoms with Gasteiger partial charge in [0.25, 0.3) is 5.92 Å². The van der Waals surface area contributed by atoms with Crippen molar-refractivity contribution in [2.45, 2.75) is 12.8 Å². The Morgan fingerprint density at radius 1 is 1.29 bits per heavy atom. The summed E-state index contributed by atoms with van der Waals surface area (Å²) in [5.41, 5.74) is 6.85. The lowest BCUT2D eigenvalue weighted by Gasteiger charge is -2.11. The van der Waals surface area contributed by atoms with Crippen LogP contribution in [0.25, 0.3) is 11.3 Å². The van der Waals surface area contributed by atoms with Gasteiger partial charge in [-0.15, -0.1) is 0 Å². The monoisotopic (exact) mass is 237 g/mol. The van der Waals surface area contributed by atoms with Crippen molar-refractivity contribution in [1.82, 2.24) is 9.78 Å². The van der Waals surface area contributed by atoms with Crippen molar-refractivity contribution in [1.29, 1.82) is 0 Å². The zero-order valence-corrected chi connectivity index (χ0v) is 9.61. The number of aryl methyl sites for hydroxylation is 1. The van der Waals surface area contributed by atoms with Gasteiger partial charge in [-0.05, 0) is 6.07 Å². The third-order valence-corrected chi connectivity index (χ3v) is 2.58. The topological polar surface area (TPSA) is 43.8 Å². The molecule has 90 valence electrons. The normalized spacial score (nSPS) is 11.8. The van der Waals surface area contributed by atoms with E-state index in [1.165, 1.54) is 16.8 Å². The second kappa shape index (κ2) is 3.84. The van der Waals surface area contributed by atoms with E-state index in [1.807, 2.05) is 0 Å². The molecule has 0 saturated carbocycles. The third-order valence-electron chi connectivity index (χ3n) is 2.58. The smallest absolute Gasteiger partial charge is 0.270 e. The summed E-state index contributed by atoms with van der Waals surface area (Å²) in [5.74, 6) is -2.36. The fourth-order valence-corrected chi connectivity index (χ4v) is 1.57. The first-order valence-electron chi connectivity index (χ1n) is 5.16. The molecule has 0 atom stereocenters. The van der Waals surface area contributed by atoms with E-state index in [2.05, 4.69) is 5.10 Å². The summed E-state index contributed by atoms with van der Waals surface area (Å²) < 4.78 is 27.9. The maximum atomic E-state index is 13.2. The highest BCUT2D eigenvalue weighted by Gasteiger charge is 2.24. The van der Waals surface area contributed by atoms with Gasteiger partial charge < -0.3 is 5.73 Å². The summed E-state index contributed by atoms with van der Waals surface area (Å²) in [6.07, 6.45) is 0. The van der Waals surface area contributed by atoms with Crippen LogP contribution in [0.1, 0.15) is 12.5 Å². The molecule has 17 heavy (non-hydrogen) atoms. The molecule has 5 heteroatoms. The van der Waals surface area contributed by atoms with Gasteiger partial charge in [0, 0.05) is 31.2 Å². The van der Waals surface area contributed by atoms with E-state index in [4.69, 9.17) is 5.73 Å². The van der Waals surface area contributed by atoms with Crippen molar-refractivity contribution < 1.29 is 8.78 Å². The van der Waals surface area contributed by atoms with E-state index in [0.717, 1.165) is 6.92 Å². The lowest BCUT2D eigenvalue weighted by atomic mass is 10.0. The van der Waals surface area contributed by atoms with Gasteiger partial charge in [0.1, 0.15) is 5.82 Å². The van der Waals surface area contributed by atoms with Crippen LogP contribution in [0.5, 0.6) is 0 Å². The average Bonchev–Trinajstić information content (AvgIpc) is 2.58. The van der Waals surface area contributed by atoms with E-state index in [-0.39, 0.29) is 5.56 Å². The van der Waals surface area contributed by atoms with Gasteiger partial charge in [-0.2, -0.15) is 5.10 Å². The van der Waals surface area contributed by atoms with Gasteiger partial charge in [0.05, 0.1) is 5.69 Å². The highest BCUT2D eigenvalue weighted by Crippen LogP contribution is 2.30. The molecule has 2 N–H and O–H groups in total. The van der Waals surface area contributed by atoms with Crippen molar-refractivity contribution in [2.75, 3.05) is 5.73 Å². The number of rotatable bonds is 2. The van der Waals surface area contributed by atoms with Crippen LogP contribution in [0.15, 0.2) is 30.3 Å². The molecule has 1 aromatic heterocycles. The molecule has 0 bridgehead atoms. The van der Waals surface area contributed by atoms with Crippen molar-refractivity contribution in [3.8, 4) is 11.3 Å². The number of nitrogens with zero attached hydrogens (tertiary/aromatic N) is 2. The molecule has 0 fully saturated rings. The first kappa shape index (κ1) is 11.6. The summed E-state index contributed by atoms with van der Waals surface area (Å²) >= 11 is 0. The predicted octanol–water partition coefficient (Wildman–Crippen LogP) is 2.78. The van der Waals surface area contributed by atoms with Crippen LogP contribution >= 0.6 is 0 Å². The molecule has 3 nitrogen and oxygen atoms in total. The molecule has 0 aliphatic rings. The number of aromatic nitrogens is 2. The van der Waals surface area contributed by atoms with Crippen molar-refractivity contribution >= 4 is 5.82 Å². The highest BCUT2D eigenvalue weighted by atomic mass is 19.3. The molecule has 0 spiro atoms. The molecule has 0 radical (unpaired) electrons. The average molecular weight is 237 g/mol. The zero-order valence-electron chi connectivity index (χ0n) is 9.61. The molecular weight excluding hydrogens is 224 g/mol. The Bertz CT molecular complexity index is 521. The fourth-order valence-electron chi connectivity index (χ4n) is 1.57. The molecule has 0 unspecified atom stereocenters. The van der Waals surface area contributed by atoms with Crippen molar-refractivity contribution in [3.05, 3.63) is 35.9 Å². The Hall–Kier alpha value is -1.91. The summed E-state index contributed by atoms with van der Waals surface area (Å²) in [6, 6.07) is 7.81. The summed E-state index contributed by atoms with van der Waals surface area (Å²) in [4.78, 5) is 0. The minimum Gasteiger partial charge on any atom is -0.384 e. The van der Waals surface area contributed by atoms with Crippen molar-refractivity contribution in [3.63, 3.8) is 0 Å². The molecule has 1 heterocycles. The second-order valence-electron chi connectivity index (χ2n) is 4.05. The first-order valence-corrected chi connectivity index (χ1v) is 5.16. The van der Waals surface area contributed by atoms with E-state index in [0.29, 0.717) is 17.1 Å². The number of nitrogens with two attached hydrogens (primary N) is 1. The standard InChI is InChI=1S/C12H13F2N3/c1-12(13,14)9-5-3-4-8(6-9)10-7-11(15)17(2)16-10/h3-7H,15H2,1-2H3. The van der Waals surface area contributed by atoms with Crippen LogP contribution in [0.2, 0.25) is 0 Å². The van der Waals surface area contributed by atoms with E-state index >= 15 is 0 Å². The summed E-state index contributed by atoms with van der Waals surface area (Å²) in [6.45, 7) is 0.874. The molecule has 0 amide bonds. The number of hydrogen-bond donors (Lipinski definition) is 1. The maximum absolute atomic E-state index is 13.2. The number of nitrogen functional groups attached to an aromatic ring is 1. The predicted molar refractivity (Wildman–Crippen MR) is 62.6 cm³/mol. The molecule has 0 aliphatic carbocycles. The van der Waals surface area contributed by atoms with Crippen LogP contribution in [0.4, 0.5) is 14.6 Å². The van der Waals surface area contributed by atoms with E-state index in [9.17, 15) is 8.78 Å². The molecule has 0 saturated heterocycles. The van der Waals surface area contributed by atoms with E-state index in [1.54, 1.807) is 25.2 Å². The van der Waals surface area contributed by atoms with E-state index < -0.39 is 5.92 Å². The molecular formula is C12H13F2N3. The maximum Gasteiger partial charge on any atom is 0.270 e. The number of halogens is 2. The largest absolute Gasteiger partial charge is 0.384 e. The number of anilines is 1. The first-order chi connectivity index (χ1) is 7.88. The van der Waals surface area contributed by atoms with Gasteiger partial charge in [-0.25, -0.2) is 8.78 Å². The molecule has 0 aliphatic heterocycles. The Labute approximate surface area is 97.9 Å². The fraction of sp³-hybridized carbons (Fsp3) is 0.250. The molecule has 2 aromatic rings. The van der Waals surface area contributed by atoms with Crippen LogP contribution in [-0.4, -0.2) is 9.78 Å². The van der Waals surface area contributed by atoms with Crippen LogP contribution in [-0.2, 0) is 13.0 Å². The SMILES string of the molecule is Cn1nc(-c2cccc(C(C)(F)F)c2)cc1N. The summed E-state index contributed by atoms with van der Waals surface area (Å²) in [5, 5.41) is 4.15. The lowest BCUT2D eigenvalue weighted by Crippen LogP contribution is -2.06. The number of alkyl halides is 2. The molecule has 1 aromatic carbocycles. The van der Waals surface area contributed by atoms with Crippen LogP contribution in [0, 0.1) is 0 Å². The lowest BCUT2D eigenvalue weighted by molar-refractivity contribution is 0.0175. The Morgan fingerprint density at radius 2 is 2.00 bits per heavy atom. The third kappa shape index (κ3) is 2.27. The highest BCUT2D eigenvalue weighted by molar-refractivity contribution is 5.63. The Balaban J connectivity index is 2.47. The van der Waals surface area contributed by atoms with Gasteiger partial charge in [0.2, 0.25) is 0 Å². The van der Waals surface area contributed by atoms with Crippen molar-refractivity contribution in [2.24, 2.45) is 7.05 Å². The Kier molecular flexibility index (Phi) is 2.61. The molecule has 2 rings (SSSR count). The van der Waals surface area contributed by atoms with Gasteiger partial charge >= 0.3 is 0 Å². The second-order valence-corrected chi connectivity index (χ2v) is 4.05. The van der Waals surface area contributed by atoms with Gasteiger partial charge in [0.15, 0.2) is 0 Å². The minimum absolute atomic E-state index is 0.0285. The van der Waals surface area contributed by atoms with Gasteiger partial charge in [-0.1, -0.05) is 18.2 Å². The quantitative estimate of drug-likeness (QED) is 0.872.